The highest BCUT2D eigenvalue weighted by Crippen LogP contribution is 2.17. The van der Waals surface area contributed by atoms with E-state index < -0.39 is 0 Å². The maximum absolute atomic E-state index is 12.1. The molecule has 0 aliphatic rings. The minimum absolute atomic E-state index is 0.215. The first-order chi connectivity index (χ1) is 11.1. The minimum atomic E-state index is -0.215. The predicted molar refractivity (Wildman–Crippen MR) is 92.8 cm³/mol. The van der Waals surface area contributed by atoms with Crippen molar-refractivity contribution in [1.82, 2.24) is 14.8 Å². The van der Waals surface area contributed by atoms with Gasteiger partial charge >= 0.3 is 0 Å². The van der Waals surface area contributed by atoms with Crippen molar-refractivity contribution in [3.63, 3.8) is 0 Å². The van der Waals surface area contributed by atoms with Crippen LogP contribution in [-0.4, -0.2) is 20.7 Å². The Morgan fingerprint density at radius 1 is 1.26 bits per heavy atom. The molecule has 1 N–H and O–H groups in total. The largest absolute Gasteiger partial charge is 0.307 e. The number of amides is 1. The van der Waals surface area contributed by atoms with Crippen LogP contribution < -0.4 is 5.32 Å². The second-order valence-electron chi connectivity index (χ2n) is 5.03. The molecule has 0 saturated carbocycles. The highest BCUT2D eigenvalue weighted by Gasteiger charge is 2.09. The number of aryl methyl sites for hydroxylation is 2. The van der Waals surface area contributed by atoms with Crippen LogP contribution in [0.4, 0.5) is 5.82 Å². The van der Waals surface area contributed by atoms with E-state index in [1.165, 1.54) is 6.08 Å². The summed E-state index contributed by atoms with van der Waals surface area (Å²) in [5.74, 6) is 0.422. The summed E-state index contributed by atoms with van der Waals surface area (Å²) in [6.45, 7) is 3.83. The third-order valence-electron chi connectivity index (χ3n) is 3.13. The van der Waals surface area contributed by atoms with Crippen LogP contribution in [0.1, 0.15) is 16.4 Å². The Morgan fingerprint density at radius 3 is 2.74 bits per heavy atom. The standard InChI is InChI=1S/C17H16N4OS/c1-12-10-16(21(20-12)15-6-4-3-5-7-15)19-17(22)9-8-14-11-23-13(2)18-14/h3-11H,1-2H3,(H,19,22). The first kappa shape index (κ1) is 15.2. The summed E-state index contributed by atoms with van der Waals surface area (Å²) >= 11 is 1.55. The van der Waals surface area contributed by atoms with E-state index in [2.05, 4.69) is 15.4 Å². The lowest BCUT2D eigenvalue weighted by atomic mass is 10.3. The molecule has 0 bridgehead atoms. The fourth-order valence-corrected chi connectivity index (χ4v) is 2.72. The molecule has 2 aromatic heterocycles. The Morgan fingerprint density at radius 2 is 2.04 bits per heavy atom. The molecule has 3 aromatic rings. The lowest BCUT2D eigenvalue weighted by Crippen LogP contribution is -2.12. The van der Waals surface area contributed by atoms with Crippen LogP contribution in [0.25, 0.3) is 11.8 Å². The second-order valence-corrected chi connectivity index (χ2v) is 6.09. The van der Waals surface area contributed by atoms with Crippen molar-refractivity contribution in [1.29, 1.82) is 0 Å². The van der Waals surface area contributed by atoms with E-state index >= 15 is 0 Å². The lowest BCUT2D eigenvalue weighted by Gasteiger charge is -2.07. The Balaban J connectivity index is 1.78. The Hall–Kier alpha value is -2.73. The number of hydrogen-bond acceptors (Lipinski definition) is 4. The van der Waals surface area contributed by atoms with Crippen LogP contribution in [0, 0.1) is 13.8 Å². The number of para-hydroxylation sites is 1. The van der Waals surface area contributed by atoms with Gasteiger partial charge in [-0.05, 0) is 32.1 Å². The van der Waals surface area contributed by atoms with Crippen molar-refractivity contribution in [2.24, 2.45) is 0 Å². The lowest BCUT2D eigenvalue weighted by molar-refractivity contribution is -0.111. The summed E-state index contributed by atoms with van der Waals surface area (Å²) in [6.07, 6.45) is 3.18. The predicted octanol–water partition coefficient (Wildman–Crippen LogP) is 3.60. The van der Waals surface area contributed by atoms with Crippen LogP contribution in [-0.2, 0) is 4.79 Å². The molecule has 3 rings (SSSR count). The normalized spacial score (nSPS) is 11.0. The number of nitrogens with zero attached hydrogens (tertiary/aromatic N) is 3. The monoisotopic (exact) mass is 324 g/mol. The molecule has 116 valence electrons. The molecule has 0 spiro atoms. The molecular weight excluding hydrogens is 308 g/mol. The summed E-state index contributed by atoms with van der Waals surface area (Å²) in [5, 5.41) is 10.2. The first-order valence-electron chi connectivity index (χ1n) is 7.15. The molecule has 0 atom stereocenters. The van der Waals surface area contributed by atoms with Gasteiger partial charge in [0, 0.05) is 17.5 Å². The van der Waals surface area contributed by atoms with Crippen LogP contribution >= 0.6 is 11.3 Å². The summed E-state index contributed by atoms with van der Waals surface area (Å²) in [6, 6.07) is 11.5. The van der Waals surface area contributed by atoms with Gasteiger partial charge in [-0.15, -0.1) is 11.3 Å². The van der Waals surface area contributed by atoms with Gasteiger partial charge in [-0.25, -0.2) is 9.67 Å². The molecule has 0 fully saturated rings. The number of carbonyl (C=O) groups is 1. The molecule has 23 heavy (non-hydrogen) atoms. The van der Waals surface area contributed by atoms with E-state index in [9.17, 15) is 4.79 Å². The summed E-state index contributed by atoms with van der Waals surface area (Å²) in [5.41, 5.74) is 2.52. The minimum Gasteiger partial charge on any atom is -0.307 e. The molecule has 0 aliphatic carbocycles. The quantitative estimate of drug-likeness (QED) is 0.746. The van der Waals surface area contributed by atoms with E-state index in [0.717, 1.165) is 22.1 Å². The Kier molecular flexibility index (Phi) is 4.34. The van der Waals surface area contributed by atoms with Crippen molar-refractivity contribution < 1.29 is 4.79 Å². The van der Waals surface area contributed by atoms with Gasteiger partial charge < -0.3 is 5.32 Å². The summed E-state index contributed by atoms with van der Waals surface area (Å²) in [4.78, 5) is 16.4. The van der Waals surface area contributed by atoms with Gasteiger partial charge in [0.15, 0.2) is 0 Å². The van der Waals surface area contributed by atoms with E-state index in [1.54, 1.807) is 22.1 Å². The molecule has 6 heteroatoms. The molecule has 0 saturated heterocycles. The molecule has 0 aliphatic heterocycles. The van der Waals surface area contributed by atoms with Gasteiger partial charge in [0.25, 0.3) is 0 Å². The van der Waals surface area contributed by atoms with Crippen LogP contribution in [0.5, 0.6) is 0 Å². The SMILES string of the molecule is Cc1cc(NC(=O)C=Cc2csc(C)n2)n(-c2ccccc2)n1. The van der Waals surface area contributed by atoms with Gasteiger partial charge in [-0.3, -0.25) is 4.79 Å². The Labute approximate surface area is 138 Å². The first-order valence-corrected chi connectivity index (χ1v) is 8.03. The van der Waals surface area contributed by atoms with Crippen LogP contribution in [0.15, 0.2) is 47.9 Å². The fraction of sp³-hybridized carbons (Fsp3) is 0.118. The van der Waals surface area contributed by atoms with Crippen LogP contribution in [0.3, 0.4) is 0 Å². The third kappa shape index (κ3) is 3.73. The highest BCUT2D eigenvalue weighted by molar-refractivity contribution is 7.09. The van der Waals surface area contributed by atoms with Gasteiger partial charge in [-0.2, -0.15) is 5.10 Å². The smallest absolute Gasteiger partial charge is 0.249 e. The molecule has 0 unspecified atom stereocenters. The molecular formula is C17H16N4OS. The van der Waals surface area contributed by atoms with E-state index in [-0.39, 0.29) is 5.91 Å². The maximum atomic E-state index is 12.1. The van der Waals surface area contributed by atoms with E-state index in [1.807, 2.05) is 55.6 Å². The zero-order chi connectivity index (χ0) is 16.2. The number of thiazole rings is 1. The van der Waals surface area contributed by atoms with Gasteiger partial charge in [-0.1, -0.05) is 18.2 Å². The molecule has 2 heterocycles. The second kappa shape index (κ2) is 6.58. The molecule has 5 nitrogen and oxygen atoms in total. The average Bonchev–Trinajstić information content (AvgIpc) is 3.12. The highest BCUT2D eigenvalue weighted by atomic mass is 32.1. The molecule has 1 aromatic carbocycles. The number of hydrogen-bond donors (Lipinski definition) is 1. The van der Waals surface area contributed by atoms with Crippen molar-refractivity contribution in [2.45, 2.75) is 13.8 Å². The van der Waals surface area contributed by atoms with Crippen molar-refractivity contribution >= 4 is 29.1 Å². The van der Waals surface area contributed by atoms with Crippen molar-refractivity contribution in [3.8, 4) is 5.69 Å². The van der Waals surface area contributed by atoms with E-state index in [4.69, 9.17) is 0 Å². The van der Waals surface area contributed by atoms with Crippen LogP contribution in [0.2, 0.25) is 0 Å². The van der Waals surface area contributed by atoms with Crippen molar-refractivity contribution in [2.75, 3.05) is 5.32 Å². The topological polar surface area (TPSA) is 59.8 Å². The van der Waals surface area contributed by atoms with Gasteiger partial charge in [0.1, 0.15) is 5.82 Å². The third-order valence-corrected chi connectivity index (χ3v) is 3.92. The number of benzene rings is 1. The van der Waals surface area contributed by atoms with Gasteiger partial charge in [0.2, 0.25) is 5.91 Å². The van der Waals surface area contributed by atoms with Crippen molar-refractivity contribution in [3.05, 3.63) is 64.2 Å². The zero-order valence-electron chi connectivity index (χ0n) is 12.9. The zero-order valence-corrected chi connectivity index (χ0v) is 13.7. The van der Waals surface area contributed by atoms with E-state index in [0.29, 0.717) is 5.82 Å². The summed E-state index contributed by atoms with van der Waals surface area (Å²) < 4.78 is 1.72. The maximum Gasteiger partial charge on any atom is 0.249 e. The summed E-state index contributed by atoms with van der Waals surface area (Å²) in [7, 11) is 0. The fourth-order valence-electron chi connectivity index (χ4n) is 2.14. The number of aromatic nitrogens is 3. The number of anilines is 1. The van der Waals surface area contributed by atoms with Gasteiger partial charge in [0.05, 0.1) is 22.1 Å². The Bertz CT molecular complexity index is 849. The number of carbonyl (C=O) groups excluding carboxylic acids is 1. The average molecular weight is 324 g/mol. The number of rotatable bonds is 4. The molecule has 1 amide bonds. The number of nitrogens with one attached hydrogen (secondary N) is 1. The molecule has 0 radical (unpaired) electrons.